The first kappa shape index (κ1) is 17.4. The summed E-state index contributed by atoms with van der Waals surface area (Å²) >= 11 is 0. The lowest BCUT2D eigenvalue weighted by molar-refractivity contribution is -0.386. The Hall–Kier alpha value is -1.57. The van der Waals surface area contributed by atoms with E-state index in [-0.39, 0.29) is 12.4 Å². The third-order valence-corrected chi connectivity index (χ3v) is 2.69. The van der Waals surface area contributed by atoms with Crippen molar-refractivity contribution in [2.75, 3.05) is 6.54 Å². The van der Waals surface area contributed by atoms with Crippen LogP contribution in [0.25, 0.3) is 0 Å². The lowest BCUT2D eigenvalue weighted by atomic mass is 10.0. The van der Waals surface area contributed by atoms with E-state index in [1.165, 1.54) is 12.1 Å². The van der Waals surface area contributed by atoms with E-state index in [4.69, 9.17) is 11.5 Å². The van der Waals surface area contributed by atoms with E-state index in [0.29, 0.717) is 18.5 Å². The normalized spacial score (nSPS) is 11.7. The van der Waals surface area contributed by atoms with Crippen LogP contribution in [0.1, 0.15) is 30.9 Å². The van der Waals surface area contributed by atoms with Crippen LogP contribution in [-0.4, -0.2) is 21.7 Å². The molecule has 0 spiro atoms. The van der Waals surface area contributed by atoms with E-state index in [2.05, 4.69) is 0 Å². The van der Waals surface area contributed by atoms with Crippen molar-refractivity contribution in [2.24, 2.45) is 11.5 Å². The van der Waals surface area contributed by atoms with Crippen molar-refractivity contribution in [2.45, 2.75) is 25.3 Å². The van der Waals surface area contributed by atoms with Crippen LogP contribution in [0, 0.1) is 10.1 Å². The standard InChI is InChI=1S/C11H17N3O4.ClH/c12-4-2-1-3-8(13)7-5-9(14(17)18)11(16)10(15)6-7;/h5-6,8,15-16H,1-4,12-13H2;1H/t8-;/m0./s1. The molecule has 19 heavy (non-hydrogen) atoms. The summed E-state index contributed by atoms with van der Waals surface area (Å²) in [4.78, 5) is 9.93. The summed E-state index contributed by atoms with van der Waals surface area (Å²) in [5.41, 5.74) is 11.1. The number of benzene rings is 1. The Balaban J connectivity index is 0.00000324. The zero-order valence-electron chi connectivity index (χ0n) is 10.3. The second kappa shape index (κ2) is 7.78. The number of phenolic OH excluding ortho intramolecular Hbond substituents is 2. The minimum Gasteiger partial charge on any atom is -0.504 e. The Morgan fingerprint density at radius 2 is 1.95 bits per heavy atom. The number of nitro benzene ring substituents is 1. The first-order chi connectivity index (χ1) is 8.47. The Kier molecular flexibility index (Phi) is 7.13. The molecule has 1 aromatic carbocycles. The van der Waals surface area contributed by atoms with Gasteiger partial charge in [-0.25, -0.2) is 0 Å². The van der Waals surface area contributed by atoms with Gasteiger partial charge >= 0.3 is 5.69 Å². The molecule has 0 saturated heterocycles. The van der Waals surface area contributed by atoms with E-state index < -0.39 is 28.2 Å². The number of aromatic hydroxyl groups is 2. The smallest absolute Gasteiger partial charge is 0.314 e. The average molecular weight is 292 g/mol. The summed E-state index contributed by atoms with van der Waals surface area (Å²) in [7, 11) is 0. The summed E-state index contributed by atoms with van der Waals surface area (Å²) in [5, 5.41) is 29.4. The molecule has 0 unspecified atom stereocenters. The molecular weight excluding hydrogens is 274 g/mol. The highest BCUT2D eigenvalue weighted by Gasteiger charge is 2.20. The van der Waals surface area contributed by atoms with Crippen LogP contribution in [0.3, 0.4) is 0 Å². The Labute approximate surface area is 116 Å². The molecule has 0 saturated carbocycles. The largest absolute Gasteiger partial charge is 0.504 e. The number of rotatable bonds is 6. The molecule has 0 heterocycles. The number of halogens is 1. The minimum atomic E-state index is -0.759. The zero-order valence-corrected chi connectivity index (χ0v) is 11.1. The molecule has 1 atom stereocenters. The number of nitro groups is 1. The summed E-state index contributed by atoms with van der Waals surface area (Å²) in [6.45, 7) is 0.563. The van der Waals surface area contributed by atoms with Crippen molar-refractivity contribution in [3.63, 3.8) is 0 Å². The van der Waals surface area contributed by atoms with Gasteiger partial charge in [-0.05, 0) is 31.0 Å². The molecule has 0 bridgehead atoms. The minimum absolute atomic E-state index is 0. The van der Waals surface area contributed by atoms with Gasteiger partial charge in [0.15, 0.2) is 5.75 Å². The third-order valence-electron chi connectivity index (χ3n) is 2.69. The van der Waals surface area contributed by atoms with Crippen LogP contribution < -0.4 is 11.5 Å². The van der Waals surface area contributed by atoms with Gasteiger partial charge in [0.1, 0.15) is 0 Å². The van der Waals surface area contributed by atoms with Gasteiger partial charge in [0, 0.05) is 12.1 Å². The van der Waals surface area contributed by atoms with Gasteiger partial charge in [-0.1, -0.05) is 6.42 Å². The van der Waals surface area contributed by atoms with Gasteiger partial charge in [0.05, 0.1) is 4.92 Å². The van der Waals surface area contributed by atoms with Crippen molar-refractivity contribution in [1.82, 2.24) is 0 Å². The summed E-state index contributed by atoms with van der Waals surface area (Å²) in [6.07, 6.45) is 2.23. The Bertz CT molecular complexity index is 442. The van der Waals surface area contributed by atoms with E-state index >= 15 is 0 Å². The number of nitrogens with zero attached hydrogens (tertiary/aromatic N) is 1. The topological polar surface area (TPSA) is 136 Å². The monoisotopic (exact) mass is 291 g/mol. The van der Waals surface area contributed by atoms with Gasteiger partial charge < -0.3 is 21.7 Å². The van der Waals surface area contributed by atoms with E-state index in [1.807, 2.05) is 0 Å². The zero-order chi connectivity index (χ0) is 13.7. The molecule has 1 rings (SSSR count). The molecular formula is C11H18ClN3O4. The quantitative estimate of drug-likeness (QED) is 0.272. The number of hydrogen-bond acceptors (Lipinski definition) is 6. The molecule has 0 aromatic heterocycles. The van der Waals surface area contributed by atoms with E-state index in [1.54, 1.807) is 0 Å². The van der Waals surface area contributed by atoms with Gasteiger partial charge in [-0.3, -0.25) is 10.1 Å². The molecule has 0 radical (unpaired) electrons. The summed E-state index contributed by atoms with van der Waals surface area (Å²) in [5.74, 6) is -1.27. The van der Waals surface area contributed by atoms with Gasteiger partial charge in [-0.15, -0.1) is 12.4 Å². The molecule has 6 N–H and O–H groups in total. The van der Waals surface area contributed by atoms with Crippen LogP contribution in [0.15, 0.2) is 12.1 Å². The molecule has 108 valence electrons. The van der Waals surface area contributed by atoms with Crippen LogP contribution in [0.5, 0.6) is 11.5 Å². The highest BCUT2D eigenvalue weighted by Crippen LogP contribution is 2.37. The average Bonchev–Trinajstić information content (AvgIpc) is 2.32. The fourth-order valence-corrected chi connectivity index (χ4v) is 1.65. The maximum absolute atomic E-state index is 10.7. The van der Waals surface area contributed by atoms with Crippen molar-refractivity contribution >= 4 is 18.1 Å². The molecule has 0 aliphatic rings. The fraction of sp³-hybridized carbons (Fsp3) is 0.455. The number of unbranched alkanes of at least 4 members (excludes halogenated alkanes) is 1. The van der Waals surface area contributed by atoms with Gasteiger partial charge in [0.25, 0.3) is 0 Å². The van der Waals surface area contributed by atoms with Crippen LogP contribution in [0.4, 0.5) is 5.69 Å². The first-order valence-corrected chi connectivity index (χ1v) is 5.63. The lowest BCUT2D eigenvalue weighted by Gasteiger charge is -2.12. The Morgan fingerprint density at radius 1 is 1.32 bits per heavy atom. The van der Waals surface area contributed by atoms with Gasteiger partial charge in [-0.2, -0.15) is 0 Å². The van der Waals surface area contributed by atoms with Crippen LogP contribution >= 0.6 is 12.4 Å². The second-order valence-electron chi connectivity index (χ2n) is 4.06. The number of nitrogens with two attached hydrogens (primary N) is 2. The molecule has 8 heteroatoms. The lowest BCUT2D eigenvalue weighted by Crippen LogP contribution is -2.11. The molecule has 1 aromatic rings. The molecule has 0 aliphatic carbocycles. The Morgan fingerprint density at radius 3 is 2.47 bits per heavy atom. The van der Waals surface area contributed by atoms with Crippen LogP contribution in [0.2, 0.25) is 0 Å². The predicted octanol–water partition coefficient (Wildman–Crippen LogP) is 1.56. The van der Waals surface area contributed by atoms with E-state index in [0.717, 1.165) is 12.8 Å². The maximum Gasteiger partial charge on any atom is 0.314 e. The van der Waals surface area contributed by atoms with Gasteiger partial charge in [0.2, 0.25) is 5.75 Å². The number of hydrogen-bond donors (Lipinski definition) is 4. The highest BCUT2D eigenvalue weighted by atomic mass is 35.5. The SMILES string of the molecule is Cl.NCCCC[C@H](N)c1cc(O)c(O)c([N+](=O)[O-])c1. The third kappa shape index (κ3) is 4.55. The summed E-state index contributed by atoms with van der Waals surface area (Å²) in [6, 6.07) is 2.00. The summed E-state index contributed by atoms with van der Waals surface area (Å²) < 4.78 is 0. The number of phenols is 2. The molecule has 0 aliphatic heterocycles. The fourth-order valence-electron chi connectivity index (χ4n) is 1.65. The predicted molar refractivity (Wildman–Crippen MR) is 73.5 cm³/mol. The second-order valence-corrected chi connectivity index (χ2v) is 4.06. The van der Waals surface area contributed by atoms with Crippen molar-refractivity contribution in [1.29, 1.82) is 0 Å². The van der Waals surface area contributed by atoms with Crippen molar-refractivity contribution < 1.29 is 15.1 Å². The van der Waals surface area contributed by atoms with Crippen molar-refractivity contribution in [3.05, 3.63) is 27.8 Å². The molecule has 0 amide bonds. The van der Waals surface area contributed by atoms with Crippen molar-refractivity contribution in [3.8, 4) is 11.5 Å². The maximum atomic E-state index is 10.7. The van der Waals surface area contributed by atoms with E-state index in [9.17, 15) is 20.3 Å². The molecule has 7 nitrogen and oxygen atoms in total. The first-order valence-electron chi connectivity index (χ1n) is 5.63. The van der Waals surface area contributed by atoms with Crippen LogP contribution in [-0.2, 0) is 0 Å². The molecule has 0 fully saturated rings. The highest BCUT2D eigenvalue weighted by molar-refractivity contribution is 5.85.